The van der Waals surface area contributed by atoms with Crippen LogP contribution in [0.3, 0.4) is 0 Å². The highest BCUT2D eigenvalue weighted by molar-refractivity contribution is 5.78. The van der Waals surface area contributed by atoms with Gasteiger partial charge in [-0.25, -0.2) is 0 Å². The first kappa shape index (κ1) is 16.3. The third kappa shape index (κ3) is 4.99. The summed E-state index contributed by atoms with van der Waals surface area (Å²) in [5.74, 6) is -0.757. The van der Waals surface area contributed by atoms with E-state index in [1.54, 1.807) is 0 Å². The molecule has 2 fully saturated rings. The summed E-state index contributed by atoms with van der Waals surface area (Å²) in [4.78, 5) is 23.4. The first-order valence-electron chi connectivity index (χ1n) is 8.26. The molecule has 0 aromatic carbocycles. The van der Waals surface area contributed by atoms with E-state index >= 15 is 0 Å². The third-order valence-corrected chi connectivity index (χ3v) is 5.11. The van der Waals surface area contributed by atoms with E-state index in [4.69, 9.17) is 10.8 Å². The van der Waals surface area contributed by atoms with Crippen molar-refractivity contribution in [1.82, 2.24) is 5.32 Å². The molecule has 0 unspecified atom stereocenters. The molecule has 5 heteroatoms. The van der Waals surface area contributed by atoms with Gasteiger partial charge in [0.25, 0.3) is 0 Å². The molecule has 1 amide bonds. The Labute approximate surface area is 126 Å². The summed E-state index contributed by atoms with van der Waals surface area (Å²) in [5, 5.41) is 12.2. The number of carboxylic acids is 1. The van der Waals surface area contributed by atoms with Crippen LogP contribution in [0.4, 0.5) is 0 Å². The average Bonchev–Trinajstić information content (AvgIpc) is 2.41. The topological polar surface area (TPSA) is 92.4 Å². The van der Waals surface area contributed by atoms with E-state index in [2.05, 4.69) is 5.32 Å². The van der Waals surface area contributed by atoms with Gasteiger partial charge in [0.15, 0.2) is 0 Å². The van der Waals surface area contributed by atoms with Gasteiger partial charge in [0, 0.05) is 18.5 Å². The van der Waals surface area contributed by atoms with Gasteiger partial charge in [-0.3, -0.25) is 9.59 Å². The minimum atomic E-state index is -0.784. The second-order valence-corrected chi connectivity index (χ2v) is 6.99. The van der Waals surface area contributed by atoms with Gasteiger partial charge in [-0.1, -0.05) is 19.3 Å². The lowest BCUT2D eigenvalue weighted by Crippen LogP contribution is -2.43. The molecule has 0 heterocycles. The molecule has 2 aliphatic carbocycles. The van der Waals surface area contributed by atoms with Gasteiger partial charge in [-0.05, 0) is 43.9 Å². The molecule has 0 bridgehead atoms. The molecule has 2 aliphatic rings. The van der Waals surface area contributed by atoms with E-state index < -0.39 is 5.97 Å². The zero-order chi connectivity index (χ0) is 15.3. The van der Waals surface area contributed by atoms with Crippen molar-refractivity contribution in [3.8, 4) is 0 Å². The molecule has 2 saturated carbocycles. The van der Waals surface area contributed by atoms with Gasteiger partial charge in [0.1, 0.15) is 0 Å². The van der Waals surface area contributed by atoms with Crippen LogP contribution in [-0.2, 0) is 9.59 Å². The molecule has 2 rings (SSSR count). The maximum Gasteiger partial charge on any atom is 0.303 e. The number of carbonyl (C=O) groups is 2. The summed E-state index contributed by atoms with van der Waals surface area (Å²) >= 11 is 0. The lowest BCUT2D eigenvalue weighted by molar-refractivity contribution is -0.141. The minimum Gasteiger partial charge on any atom is -0.481 e. The summed E-state index contributed by atoms with van der Waals surface area (Å²) in [6, 6.07) is 0.498. The summed E-state index contributed by atoms with van der Waals surface area (Å²) in [7, 11) is 0. The fraction of sp³-hybridized carbons (Fsp3) is 0.875. The molecule has 0 radical (unpaired) electrons. The molecule has 4 N–H and O–H groups in total. The van der Waals surface area contributed by atoms with Crippen molar-refractivity contribution in [1.29, 1.82) is 0 Å². The van der Waals surface area contributed by atoms with Crippen molar-refractivity contribution in [2.75, 3.05) is 0 Å². The number of hydrogen-bond donors (Lipinski definition) is 3. The first-order chi connectivity index (χ1) is 9.99. The Bertz CT molecular complexity index is 370. The number of hydrogen-bond acceptors (Lipinski definition) is 3. The summed E-state index contributed by atoms with van der Waals surface area (Å²) in [6.07, 6.45) is 9.26. The van der Waals surface area contributed by atoms with Crippen LogP contribution in [0.1, 0.15) is 70.6 Å². The van der Waals surface area contributed by atoms with Crippen molar-refractivity contribution in [2.45, 2.75) is 82.7 Å². The van der Waals surface area contributed by atoms with E-state index in [0.717, 1.165) is 57.8 Å². The molecule has 0 aromatic rings. The number of carboxylic acid groups (broad SMARTS) is 1. The zero-order valence-corrected chi connectivity index (χ0v) is 12.8. The molecular formula is C16H28N2O3. The molecule has 0 aromatic heterocycles. The highest BCUT2D eigenvalue weighted by Crippen LogP contribution is 2.42. The van der Waals surface area contributed by atoms with Crippen molar-refractivity contribution < 1.29 is 14.7 Å². The molecule has 21 heavy (non-hydrogen) atoms. The molecule has 5 nitrogen and oxygen atoms in total. The smallest absolute Gasteiger partial charge is 0.303 e. The van der Waals surface area contributed by atoms with Gasteiger partial charge >= 0.3 is 5.97 Å². The predicted octanol–water partition coefficient (Wildman–Crippen LogP) is 2.19. The highest BCUT2D eigenvalue weighted by atomic mass is 16.4. The standard InChI is InChI=1S/C16H28N2O3/c17-12-4-6-13(7-5-12)18-14(19)10-16(11-15(20)21)8-2-1-3-9-16/h12-13H,1-11,17H2,(H,18,19)(H,20,21). The molecule has 0 saturated heterocycles. The average molecular weight is 296 g/mol. The SMILES string of the molecule is NC1CCC(NC(=O)CC2(CC(=O)O)CCCCC2)CC1. The highest BCUT2D eigenvalue weighted by Gasteiger charge is 2.36. The van der Waals surface area contributed by atoms with Crippen molar-refractivity contribution in [2.24, 2.45) is 11.1 Å². The van der Waals surface area contributed by atoms with Crippen LogP contribution in [0.2, 0.25) is 0 Å². The van der Waals surface area contributed by atoms with Gasteiger partial charge in [-0.2, -0.15) is 0 Å². The summed E-state index contributed by atoms with van der Waals surface area (Å²) in [5.41, 5.74) is 5.55. The lowest BCUT2D eigenvalue weighted by Gasteiger charge is -2.36. The van der Waals surface area contributed by atoms with Crippen LogP contribution >= 0.6 is 0 Å². The van der Waals surface area contributed by atoms with Gasteiger partial charge in [0.05, 0.1) is 6.42 Å². The zero-order valence-electron chi connectivity index (χ0n) is 12.8. The minimum absolute atomic E-state index is 0.0265. The maximum atomic E-state index is 12.3. The quantitative estimate of drug-likeness (QED) is 0.725. The Morgan fingerprint density at radius 2 is 1.67 bits per heavy atom. The number of rotatable bonds is 5. The Kier molecular flexibility index (Phi) is 5.62. The van der Waals surface area contributed by atoms with Gasteiger partial charge in [0.2, 0.25) is 5.91 Å². The van der Waals surface area contributed by atoms with E-state index in [1.807, 2.05) is 0 Å². The van der Waals surface area contributed by atoms with Crippen LogP contribution in [0.5, 0.6) is 0 Å². The molecule has 0 atom stereocenters. The number of nitrogens with two attached hydrogens (primary N) is 1. The third-order valence-electron chi connectivity index (χ3n) is 5.11. The summed E-state index contributed by atoms with van der Waals surface area (Å²) in [6.45, 7) is 0. The maximum absolute atomic E-state index is 12.3. The Morgan fingerprint density at radius 1 is 1.05 bits per heavy atom. The van der Waals surface area contributed by atoms with Crippen LogP contribution < -0.4 is 11.1 Å². The van der Waals surface area contributed by atoms with Crippen molar-refractivity contribution in [3.63, 3.8) is 0 Å². The summed E-state index contributed by atoms with van der Waals surface area (Å²) < 4.78 is 0. The lowest BCUT2D eigenvalue weighted by atomic mass is 9.69. The number of nitrogens with one attached hydrogen (secondary N) is 1. The molecule has 0 spiro atoms. The first-order valence-corrected chi connectivity index (χ1v) is 8.26. The fourth-order valence-corrected chi connectivity index (χ4v) is 3.92. The van der Waals surface area contributed by atoms with Gasteiger partial charge < -0.3 is 16.2 Å². The van der Waals surface area contributed by atoms with Crippen LogP contribution in [0.15, 0.2) is 0 Å². The van der Waals surface area contributed by atoms with Crippen molar-refractivity contribution >= 4 is 11.9 Å². The number of amides is 1. The Morgan fingerprint density at radius 3 is 2.24 bits per heavy atom. The van der Waals surface area contributed by atoms with E-state index in [1.165, 1.54) is 0 Å². The van der Waals surface area contributed by atoms with Crippen LogP contribution in [0, 0.1) is 5.41 Å². The van der Waals surface area contributed by atoms with Gasteiger partial charge in [-0.15, -0.1) is 0 Å². The fourth-order valence-electron chi connectivity index (χ4n) is 3.92. The largest absolute Gasteiger partial charge is 0.481 e. The van der Waals surface area contributed by atoms with E-state index in [9.17, 15) is 9.59 Å². The van der Waals surface area contributed by atoms with Crippen LogP contribution in [-0.4, -0.2) is 29.1 Å². The molecule has 0 aliphatic heterocycles. The predicted molar refractivity (Wildman–Crippen MR) is 80.8 cm³/mol. The molecule has 120 valence electrons. The second-order valence-electron chi connectivity index (χ2n) is 6.99. The van der Waals surface area contributed by atoms with Crippen molar-refractivity contribution in [3.05, 3.63) is 0 Å². The molecular weight excluding hydrogens is 268 g/mol. The van der Waals surface area contributed by atoms with E-state index in [0.29, 0.717) is 6.42 Å². The van der Waals surface area contributed by atoms with E-state index in [-0.39, 0.29) is 29.8 Å². The monoisotopic (exact) mass is 296 g/mol. The Balaban J connectivity index is 1.87. The Hall–Kier alpha value is -1.10. The second kappa shape index (κ2) is 7.25. The number of carbonyl (C=O) groups excluding carboxylic acids is 1. The normalized spacial score (nSPS) is 28.8. The van der Waals surface area contributed by atoms with Crippen LogP contribution in [0.25, 0.3) is 0 Å². The number of aliphatic carboxylic acids is 1.